The molecule has 0 heterocycles. The maximum absolute atomic E-state index is 10.7. The zero-order chi connectivity index (χ0) is 11.3. The first-order valence-corrected chi connectivity index (χ1v) is 6.04. The van der Waals surface area contributed by atoms with E-state index < -0.39 is 10.0 Å². The van der Waals surface area contributed by atoms with Crippen LogP contribution in [0.5, 0.6) is 5.75 Å². The summed E-state index contributed by atoms with van der Waals surface area (Å²) in [4.78, 5) is 2.01. The molecule has 0 radical (unpaired) electrons. The smallest absolute Gasteiger partial charge is 0.244 e. The van der Waals surface area contributed by atoms with Gasteiger partial charge in [-0.25, -0.2) is 13.2 Å². The highest BCUT2D eigenvalue weighted by atomic mass is 32.2. The summed E-state index contributed by atoms with van der Waals surface area (Å²) in [6.07, 6.45) is 2.46. The summed E-state index contributed by atoms with van der Waals surface area (Å²) in [5.41, 5.74) is 0.784. The molecule has 0 spiro atoms. The molecule has 0 unspecified atom stereocenters. The molecule has 1 aromatic rings. The van der Waals surface area contributed by atoms with Gasteiger partial charge >= 0.3 is 0 Å². The van der Waals surface area contributed by atoms with Crippen LogP contribution in [-0.2, 0) is 10.0 Å². The maximum atomic E-state index is 10.7. The number of hydrogen-bond acceptors (Lipinski definition) is 4. The van der Waals surface area contributed by atoms with Gasteiger partial charge in [0, 0.05) is 0 Å². The number of hydrogen-bond donors (Lipinski definition) is 1. The van der Waals surface area contributed by atoms with Crippen LogP contribution in [-0.4, -0.2) is 28.0 Å². The monoisotopic (exact) mass is 228 g/mol. The minimum Gasteiger partial charge on any atom is -0.497 e. The molecule has 82 valence electrons. The van der Waals surface area contributed by atoms with Gasteiger partial charge in [-0.3, -0.25) is 0 Å². The van der Waals surface area contributed by atoms with E-state index in [-0.39, 0.29) is 0 Å². The number of benzene rings is 1. The predicted octanol–water partition coefficient (Wildman–Crippen LogP) is 0.578. The second-order valence-corrected chi connectivity index (χ2v) is 4.62. The van der Waals surface area contributed by atoms with E-state index >= 15 is 0 Å². The molecule has 0 aliphatic rings. The summed E-state index contributed by atoms with van der Waals surface area (Å²) < 4.78 is 26.3. The van der Waals surface area contributed by atoms with Gasteiger partial charge in [0.2, 0.25) is 10.0 Å². The van der Waals surface area contributed by atoms with Gasteiger partial charge in [0.25, 0.3) is 0 Å². The average Bonchev–Trinajstić information content (AvgIpc) is 2.17. The summed E-state index contributed by atoms with van der Waals surface area (Å²) in [5.74, 6) is 0.739. The third-order valence-corrected chi connectivity index (χ3v) is 1.99. The Morgan fingerprint density at radius 1 is 1.33 bits per heavy atom. The minimum absolute atomic E-state index is 0.739. The number of nitrogens with one attached hydrogen (secondary N) is 1. The molecular formula is C9H12N2O3S. The lowest BCUT2D eigenvalue weighted by Gasteiger charge is -1.99. The molecule has 6 heteroatoms. The largest absolute Gasteiger partial charge is 0.497 e. The lowest BCUT2D eigenvalue weighted by molar-refractivity contribution is 0.415. The second kappa shape index (κ2) is 4.79. The van der Waals surface area contributed by atoms with Crippen LogP contribution >= 0.6 is 0 Å². The first-order valence-electron chi connectivity index (χ1n) is 4.15. The Morgan fingerprint density at radius 2 is 1.93 bits per heavy atom. The fourth-order valence-electron chi connectivity index (χ4n) is 0.887. The van der Waals surface area contributed by atoms with Gasteiger partial charge in [-0.1, -0.05) is 0 Å². The van der Waals surface area contributed by atoms with Crippen molar-refractivity contribution < 1.29 is 13.2 Å². The second-order valence-electron chi connectivity index (χ2n) is 2.89. The summed E-state index contributed by atoms with van der Waals surface area (Å²) in [5, 5.41) is 3.56. The molecule has 0 aromatic heterocycles. The van der Waals surface area contributed by atoms with E-state index in [2.05, 4.69) is 5.10 Å². The molecule has 0 saturated heterocycles. The van der Waals surface area contributed by atoms with Crippen LogP contribution in [0.3, 0.4) is 0 Å². The fraction of sp³-hybridized carbons (Fsp3) is 0.222. The van der Waals surface area contributed by atoms with Crippen LogP contribution in [0.15, 0.2) is 29.4 Å². The quantitative estimate of drug-likeness (QED) is 0.605. The summed E-state index contributed by atoms with van der Waals surface area (Å²) in [7, 11) is -1.70. The predicted molar refractivity (Wildman–Crippen MR) is 58.6 cm³/mol. The van der Waals surface area contributed by atoms with Crippen molar-refractivity contribution in [3.8, 4) is 5.75 Å². The van der Waals surface area contributed by atoms with Gasteiger partial charge in [-0.2, -0.15) is 5.10 Å². The Balaban J connectivity index is 2.65. The molecule has 0 amide bonds. The van der Waals surface area contributed by atoms with Gasteiger partial charge in [-0.05, 0) is 29.8 Å². The number of rotatable bonds is 4. The Hall–Kier alpha value is -1.56. The standard InChI is InChI=1S/C9H12N2O3S/c1-14-9-5-3-8(4-6-9)7-10-11-15(2,12)13/h3-7,11H,1-2H3/b10-7+. The topological polar surface area (TPSA) is 67.8 Å². The summed E-state index contributed by atoms with van der Waals surface area (Å²) in [6.45, 7) is 0. The van der Waals surface area contributed by atoms with Crippen LogP contribution < -0.4 is 9.57 Å². The molecule has 0 bridgehead atoms. The van der Waals surface area contributed by atoms with Crippen LogP contribution in [0.25, 0.3) is 0 Å². The van der Waals surface area contributed by atoms with Crippen molar-refractivity contribution >= 4 is 16.2 Å². The van der Waals surface area contributed by atoms with Crippen LogP contribution in [0.2, 0.25) is 0 Å². The van der Waals surface area contributed by atoms with Crippen molar-refractivity contribution in [2.45, 2.75) is 0 Å². The normalized spacial score (nSPS) is 11.6. The van der Waals surface area contributed by atoms with E-state index in [0.717, 1.165) is 17.6 Å². The first-order chi connectivity index (χ1) is 7.01. The zero-order valence-corrected chi connectivity index (χ0v) is 9.28. The SMILES string of the molecule is COc1ccc(/C=N/NS(C)(=O)=O)cc1. The van der Waals surface area contributed by atoms with E-state index in [9.17, 15) is 8.42 Å². The Kier molecular flexibility index (Phi) is 3.68. The van der Waals surface area contributed by atoms with Crippen molar-refractivity contribution in [2.24, 2.45) is 5.10 Å². The van der Waals surface area contributed by atoms with Gasteiger partial charge in [0.15, 0.2) is 0 Å². The molecule has 1 rings (SSSR count). The average molecular weight is 228 g/mol. The summed E-state index contributed by atoms with van der Waals surface area (Å²) in [6, 6.07) is 7.07. The molecule has 0 fully saturated rings. The molecule has 0 saturated carbocycles. The number of hydrazone groups is 1. The van der Waals surface area contributed by atoms with Crippen LogP contribution in [0.4, 0.5) is 0 Å². The Labute approximate surface area is 88.8 Å². The van der Waals surface area contributed by atoms with Gasteiger partial charge in [0.05, 0.1) is 19.6 Å². The van der Waals surface area contributed by atoms with Crippen molar-refractivity contribution in [1.29, 1.82) is 0 Å². The lowest BCUT2D eigenvalue weighted by atomic mass is 10.2. The van der Waals surface area contributed by atoms with E-state index in [1.54, 1.807) is 31.4 Å². The van der Waals surface area contributed by atoms with E-state index in [1.807, 2.05) is 4.83 Å². The molecule has 1 aromatic carbocycles. The van der Waals surface area contributed by atoms with Gasteiger partial charge in [-0.15, -0.1) is 0 Å². The molecular weight excluding hydrogens is 216 g/mol. The first kappa shape index (κ1) is 11.5. The van der Waals surface area contributed by atoms with Crippen molar-refractivity contribution in [3.05, 3.63) is 29.8 Å². The van der Waals surface area contributed by atoms with Gasteiger partial charge in [0.1, 0.15) is 5.75 Å². The molecule has 0 atom stereocenters. The van der Waals surface area contributed by atoms with Crippen molar-refractivity contribution in [3.63, 3.8) is 0 Å². The number of ether oxygens (including phenoxy) is 1. The number of sulfonamides is 1. The zero-order valence-electron chi connectivity index (χ0n) is 8.47. The highest BCUT2D eigenvalue weighted by Gasteiger charge is 1.94. The van der Waals surface area contributed by atoms with Crippen LogP contribution in [0.1, 0.15) is 5.56 Å². The van der Waals surface area contributed by atoms with E-state index in [0.29, 0.717) is 0 Å². The van der Waals surface area contributed by atoms with Gasteiger partial charge < -0.3 is 4.74 Å². The molecule has 0 aliphatic carbocycles. The maximum Gasteiger partial charge on any atom is 0.244 e. The minimum atomic E-state index is -3.28. The number of nitrogens with zero attached hydrogens (tertiary/aromatic N) is 1. The van der Waals surface area contributed by atoms with Crippen molar-refractivity contribution in [2.75, 3.05) is 13.4 Å². The molecule has 0 aliphatic heterocycles. The van der Waals surface area contributed by atoms with Crippen molar-refractivity contribution in [1.82, 2.24) is 4.83 Å². The summed E-state index contributed by atoms with van der Waals surface area (Å²) >= 11 is 0. The lowest BCUT2D eigenvalue weighted by Crippen LogP contribution is -2.15. The molecule has 15 heavy (non-hydrogen) atoms. The third kappa shape index (κ3) is 4.46. The highest BCUT2D eigenvalue weighted by molar-refractivity contribution is 7.88. The van der Waals surface area contributed by atoms with E-state index in [1.165, 1.54) is 6.21 Å². The Morgan fingerprint density at radius 3 is 2.40 bits per heavy atom. The highest BCUT2D eigenvalue weighted by Crippen LogP contribution is 2.09. The molecule has 1 N–H and O–H groups in total. The Bertz CT molecular complexity index is 437. The third-order valence-electron chi connectivity index (χ3n) is 1.55. The van der Waals surface area contributed by atoms with Crippen LogP contribution in [0, 0.1) is 0 Å². The van der Waals surface area contributed by atoms with E-state index in [4.69, 9.17) is 4.74 Å². The molecule has 5 nitrogen and oxygen atoms in total. The number of methoxy groups -OCH3 is 1. The fourth-order valence-corrected chi connectivity index (χ4v) is 1.13.